The van der Waals surface area contributed by atoms with E-state index in [1.165, 1.54) is 5.56 Å². The van der Waals surface area contributed by atoms with Gasteiger partial charge < -0.3 is 14.5 Å². The van der Waals surface area contributed by atoms with Crippen molar-refractivity contribution >= 4 is 17.8 Å². The molecule has 2 aliphatic heterocycles. The fourth-order valence-electron chi connectivity index (χ4n) is 4.51. The van der Waals surface area contributed by atoms with Gasteiger partial charge in [0.2, 0.25) is 11.8 Å². The molecule has 3 rings (SSSR count). The van der Waals surface area contributed by atoms with E-state index in [2.05, 4.69) is 12.1 Å². The SMILES string of the molecule is CCOC(=O)C1(CCCc2ccccc2)CCCN(C(=O)CN2CCCC2=O)C1. The molecule has 0 bridgehead atoms. The summed E-state index contributed by atoms with van der Waals surface area (Å²) in [5.74, 6) is -0.200. The van der Waals surface area contributed by atoms with Crippen molar-refractivity contribution in [3.05, 3.63) is 35.9 Å². The summed E-state index contributed by atoms with van der Waals surface area (Å²) in [6.07, 6.45) is 5.34. The minimum atomic E-state index is -0.645. The van der Waals surface area contributed by atoms with Crippen molar-refractivity contribution in [1.29, 1.82) is 0 Å². The predicted octanol–water partition coefficient (Wildman–Crippen LogP) is 2.80. The summed E-state index contributed by atoms with van der Waals surface area (Å²) in [5, 5.41) is 0. The van der Waals surface area contributed by atoms with Crippen LogP contribution in [0.25, 0.3) is 0 Å². The van der Waals surface area contributed by atoms with Crippen molar-refractivity contribution in [3.8, 4) is 0 Å². The van der Waals surface area contributed by atoms with E-state index in [0.29, 0.717) is 39.1 Å². The standard InChI is InChI=1S/C23H32N2O4/c1-2-29-22(28)23(13-6-11-19-9-4-3-5-10-19)14-8-16-25(18-23)21(27)17-24-15-7-12-20(24)26/h3-5,9-10H,2,6-8,11-18H2,1H3. The normalized spacial score (nSPS) is 22.0. The second-order valence-electron chi connectivity index (χ2n) is 8.18. The van der Waals surface area contributed by atoms with Crippen molar-refractivity contribution in [1.82, 2.24) is 9.80 Å². The Morgan fingerprint density at radius 1 is 1.14 bits per heavy atom. The van der Waals surface area contributed by atoms with Crippen LogP contribution in [0.5, 0.6) is 0 Å². The molecule has 2 amide bonds. The highest BCUT2D eigenvalue weighted by molar-refractivity contribution is 5.86. The maximum atomic E-state index is 12.9. The molecule has 0 spiro atoms. The lowest BCUT2D eigenvalue weighted by Gasteiger charge is -2.41. The molecule has 29 heavy (non-hydrogen) atoms. The van der Waals surface area contributed by atoms with Gasteiger partial charge >= 0.3 is 5.97 Å². The number of amides is 2. The third-order valence-corrected chi connectivity index (χ3v) is 6.10. The number of likely N-dealkylation sites (tertiary alicyclic amines) is 2. The zero-order valence-electron chi connectivity index (χ0n) is 17.4. The summed E-state index contributed by atoms with van der Waals surface area (Å²) in [5.41, 5.74) is 0.607. The molecule has 158 valence electrons. The molecule has 1 aromatic rings. The zero-order valence-corrected chi connectivity index (χ0v) is 17.4. The first-order valence-corrected chi connectivity index (χ1v) is 10.8. The van der Waals surface area contributed by atoms with Crippen molar-refractivity contribution in [2.75, 3.05) is 32.8 Å². The van der Waals surface area contributed by atoms with Crippen LogP contribution in [0.4, 0.5) is 0 Å². The summed E-state index contributed by atoms with van der Waals surface area (Å²) in [6, 6.07) is 10.2. The van der Waals surface area contributed by atoms with E-state index in [4.69, 9.17) is 4.74 Å². The van der Waals surface area contributed by atoms with Crippen LogP contribution in [0.3, 0.4) is 0 Å². The van der Waals surface area contributed by atoms with Gasteiger partial charge in [0, 0.05) is 26.1 Å². The van der Waals surface area contributed by atoms with Gasteiger partial charge in [0.1, 0.15) is 0 Å². The summed E-state index contributed by atoms with van der Waals surface area (Å²) >= 11 is 0. The quantitative estimate of drug-likeness (QED) is 0.630. The van der Waals surface area contributed by atoms with Crippen LogP contribution in [0.2, 0.25) is 0 Å². The molecule has 0 saturated carbocycles. The molecule has 2 aliphatic rings. The van der Waals surface area contributed by atoms with Gasteiger partial charge in [-0.1, -0.05) is 30.3 Å². The Bertz CT molecular complexity index is 721. The smallest absolute Gasteiger partial charge is 0.313 e. The van der Waals surface area contributed by atoms with Gasteiger partial charge in [-0.3, -0.25) is 14.4 Å². The number of benzene rings is 1. The number of rotatable bonds is 8. The lowest BCUT2D eigenvalue weighted by Crippen LogP contribution is -2.52. The van der Waals surface area contributed by atoms with Gasteiger partial charge in [0.15, 0.2) is 0 Å². The molecule has 1 atom stereocenters. The fraction of sp³-hybridized carbons (Fsp3) is 0.609. The minimum Gasteiger partial charge on any atom is -0.466 e. The number of nitrogens with zero attached hydrogens (tertiary/aromatic N) is 2. The maximum absolute atomic E-state index is 12.9. The summed E-state index contributed by atoms with van der Waals surface area (Å²) in [4.78, 5) is 41.0. The largest absolute Gasteiger partial charge is 0.466 e. The first-order chi connectivity index (χ1) is 14.0. The Morgan fingerprint density at radius 2 is 1.93 bits per heavy atom. The highest BCUT2D eigenvalue weighted by Gasteiger charge is 2.44. The van der Waals surface area contributed by atoms with Gasteiger partial charge in [-0.25, -0.2) is 0 Å². The number of hydrogen-bond donors (Lipinski definition) is 0. The first-order valence-electron chi connectivity index (χ1n) is 10.8. The molecule has 0 radical (unpaired) electrons. The molecule has 6 heteroatoms. The van der Waals surface area contributed by atoms with Gasteiger partial charge in [-0.15, -0.1) is 0 Å². The number of carbonyl (C=O) groups is 3. The monoisotopic (exact) mass is 400 g/mol. The summed E-state index contributed by atoms with van der Waals surface area (Å²) < 4.78 is 5.42. The number of esters is 1. The Hall–Kier alpha value is -2.37. The van der Waals surface area contributed by atoms with Crippen LogP contribution < -0.4 is 0 Å². The second-order valence-corrected chi connectivity index (χ2v) is 8.18. The van der Waals surface area contributed by atoms with Crippen molar-refractivity contribution < 1.29 is 19.1 Å². The molecule has 0 N–H and O–H groups in total. The lowest BCUT2D eigenvalue weighted by molar-refractivity contribution is -0.162. The predicted molar refractivity (Wildman–Crippen MR) is 110 cm³/mol. The number of carbonyl (C=O) groups excluding carboxylic acids is 3. The first kappa shape index (κ1) is 21.3. The van der Waals surface area contributed by atoms with E-state index in [0.717, 1.165) is 32.1 Å². The van der Waals surface area contributed by atoms with E-state index in [-0.39, 0.29) is 24.3 Å². The van der Waals surface area contributed by atoms with Crippen molar-refractivity contribution in [3.63, 3.8) is 0 Å². The van der Waals surface area contributed by atoms with E-state index >= 15 is 0 Å². The molecule has 2 saturated heterocycles. The van der Waals surface area contributed by atoms with Gasteiger partial charge in [0.25, 0.3) is 0 Å². The molecule has 2 fully saturated rings. The van der Waals surface area contributed by atoms with E-state index < -0.39 is 5.41 Å². The van der Waals surface area contributed by atoms with Gasteiger partial charge in [0.05, 0.1) is 18.6 Å². The third kappa shape index (κ3) is 5.37. The zero-order chi connectivity index (χ0) is 20.7. The molecule has 1 unspecified atom stereocenters. The molecule has 6 nitrogen and oxygen atoms in total. The van der Waals surface area contributed by atoms with Crippen LogP contribution in [0.1, 0.15) is 51.0 Å². The third-order valence-electron chi connectivity index (χ3n) is 6.10. The maximum Gasteiger partial charge on any atom is 0.313 e. The lowest BCUT2D eigenvalue weighted by atomic mass is 9.75. The fourth-order valence-corrected chi connectivity index (χ4v) is 4.51. The number of piperidine rings is 1. The molecule has 1 aromatic carbocycles. The second kappa shape index (κ2) is 9.90. The van der Waals surface area contributed by atoms with Crippen LogP contribution in [-0.2, 0) is 25.5 Å². The van der Waals surface area contributed by atoms with Crippen LogP contribution >= 0.6 is 0 Å². The molecule has 0 aromatic heterocycles. The Balaban J connectivity index is 1.65. The van der Waals surface area contributed by atoms with Crippen LogP contribution in [0.15, 0.2) is 30.3 Å². The molecule has 2 heterocycles. The summed E-state index contributed by atoms with van der Waals surface area (Å²) in [7, 11) is 0. The average Bonchev–Trinajstić information content (AvgIpc) is 3.13. The topological polar surface area (TPSA) is 66.9 Å². The van der Waals surface area contributed by atoms with Gasteiger partial charge in [-0.2, -0.15) is 0 Å². The van der Waals surface area contributed by atoms with Gasteiger partial charge in [-0.05, 0) is 51.0 Å². The molecular weight excluding hydrogens is 368 g/mol. The Morgan fingerprint density at radius 3 is 2.62 bits per heavy atom. The summed E-state index contributed by atoms with van der Waals surface area (Å²) in [6.45, 7) is 3.97. The highest BCUT2D eigenvalue weighted by atomic mass is 16.5. The van der Waals surface area contributed by atoms with E-state index in [9.17, 15) is 14.4 Å². The molecular formula is C23H32N2O4. The average molecular weight is 401 g/mol. The van der Waals surface area contributed by atoms with E-state index in [1.807, 2.05) is 25.1 Å². The highest BCUT2D eigenvalue weighted by Crippen LogP contribution is 2.37. The van der Waals surface area contributed by atoms with Crippen LogP contribution in [-0.4, -0.2) is 60.4 Å². The minimum absolute atomic E-state index is 0.0508. The van der Waals surface area contributed by atoms with Crippen molar-refractivity contribution in [2.24, 2.45) is 5.41 Å². The number of ether oxygens (including phenoxy) is 1. The van der Waals surface area contributed by atoms with E-state index in [1.54, 1.807) is 9.80 Å². The number of hydrogen-bond acceptors (Lipinski definition) is 4. The molecule has 0 aliphatic carbocycles. The van der Waals surface area contributed by atoms with Crippen molar-refractivity contribution in [2.45, 2.75) is 51.9 Å². The number of aryl methyl sites for hydroxylation is 1. The Kier molecular flexibility index (Phi) is 7.29. The Labute approximate surface area is 173 Å². The van der Waals surface area contributed by atoms with Crippen LogP contribution in [0, 0.1) is 5.41 Å².